The molecule has 1 aromatic carbocycles. The summed E-state index contributed by atoms with van der Waals surface area (Å²) in [7, 11) is 0. The van der Waals surface area contributed by atoms with Crippen LogP contribution in [0.3, 0.4) is 0 Å². The van der Waals surface area contributed by atoms with Gasteiger partial charge in [0.1, 0.15) is 0 Å². The summed E-state index contributed by atoms with van der Waals surface area (Å²) in [6.45, 7) is 4.51. The molecule has 1 fully saturated rings. The number of anilines is 1. The van der Waals surface area contributed by atoms with Crippen LogP contribution in [-0.4, -0.2) is 9.55 Å². The molecule has 0 amide bonds. The molecule has 3 rings (SSSR count). The molecule has 1 aromatic heterocycles. The van der Waals surface area contributed by atoms with E-state index in [1.54, 1.807) is 0 Å². The molecule has 0 radical (unpaired) electrons. The Morgan fingerprint density at radius 1 is 1.41 bits per heavy atom. The highest BCUT2D eigenvalue weighted by Crippen LogP contribution is 2.46. The largest absolute Gasteiger partial charge is 0.369 e. The maximum Gasteiger partial charge on any atom is 0.201 e. The number of benzene rings is 1. The molecule has 1 saturated carbocycles. The Labute approximate surface area is 109 Å². The molecule has 4 heteroatoms. The topological polar surface area (TPSA) is 43.8 Å². The minimum atomic E-state index is 0.0622. The van der Waals surface area contributed by atoms with Crippen molar-refractivity contribution >= 4 is 32.9 Å². The normalized spacial score (nSPS) is 16.6. The molecule has 1 aliphatic rings. The van der Waals surface area contributed by atoms with Gasteiger partial charge in [0.2, 0.25) is 5.95 Å². The lowest BCUT2D eigenvalue weighted by Crippen LogP contribution is -2.29. The van der Waals surface area contributed by atoms with Crippen LogP contribution in [0.5, 0.6) is 0 Å². The first-order valence-electron chi connectivity index (χ1n) is 5.94. The molecule has 1 aliphatic carbocycles. The van der Waals surface area contributed by atoms with Crippen molar-refractivity contribution < 1.29 is 0 Å². The second-order valence-corrected chi connectivity index (χ2v) is 6.28. The van der Waals surface area contributed by atoms with E-state index in [1.165, 1.54) is 12.8 Å². The standard InChI is InChI=1S/C13H16BrN3/c1-13(2,8-3-4-8)17-11-6-5-9(14)7-10(11)16-12(17)15/h5-8H,3-4H2,1-2H3,(H2,15,16). The summed E-state index contributed by atoms with van der Waals surface area (Å²) in [5.74, 6) is 1.35. The minimum Gasteiger partial charge on any atom is -0.369 e. The predicted octanol–water partition coefficient (Wildman–Crippen LogP) is 3.53. The summed E-state index contributed by atoms with van der Waals surface area (Å²) in [6.07, 6.45) is 2.59. The van der Waals surface area contributed by atoms with Crippen LogP contribution < -0.4 is 5.73 Å². The first-order chi connectivity index (χ1) is 8.00. The molecule has 0 spiro atoms. The van der Waals surface area contributed by atoms with Crippen LogP contribution >= 0.6 is 15.9 Å². The average molecular weight is 294 g/mol. The highest BCUT2D eigenvalue weighted by atomic mass is 79.9. The second kappa shape index (κ2) is 3.48. The predicted molar refractivity (Wildman–Crippen MR) is 73.9 cm³/mol. The van der Waals surface area contributed by atoms with Crippen molar-refractivity contribution in [1.29, 1.82) is 0 Å². The van der Waals surface area contributed by atoms with Gasteiger partial charge in [0.15, 0.2) is 0 Å². The van der Waals surface area contributed by atoms with Crippen LogP contribution in [0.25, 0.3) is 11.0 Å². The van der Waals surface area contributed by atoms with Crippen molar-refractivity contribution in [3.05, 3.63) is 22.7 Å². The molecule has 0 unspecified atom stereocenters. The quantitative estimate of drug-likeness (QED) is 0.921. The Balaban J connectivity index is 2.24. The smallest absolute Gasteiger partial charge is 0.201 e. The van der Waals surface area contributed by atoms with Crippen molar-refractivity contribution in [2.24, 2.45) is 5.92 Å². The Hall–Kier alpha value is -1.03. The van der Waals surface area contributed by atoms with Crippen molar-refractivity contribution in [1.82, 2.24) is 9.55 Å². The number of nitrogens with two attached hydrogens (primary N) is 1. The van der Waals surface area contributed by atoms with Crippen LogP contribution in [-0.2, 0) is 5.54 Å². The minimum absolute atomic E-state index is 0.0622. The average Bonchev–Trinajstić information content (AvgIpc) is 3.01. The fraction of sp³-hybridized carbons (Fsp3) is 0.462. The number of hydrogen-bond acceptors (Lipinski definition) is 2. The number of fused-ring (bicyclic) bond motifs is 1. The van der Waals surface area contributed by atoms with Crippen LogP contribution in [0.2, 0.25) is 0 Å². The number of rotatable bonds is 2. The highest BCUT2D eigenvalue weighted by Gasteiger charge is 2.40. The van der Waals surface area contributed by atoms with Crippen LogP contribution in [0, 0.1) is 5.92 Å². The molecular weight excluding hydrogens is 278 g/mol. The first-order valence-corrected chi connectivity index (χ1v) is 6.73. The van der Waals surface area contributed by atoms with E-state index in [0.717, 1.165) is 21.4 Å². The highest BCUT2D eigenvalue weighted by molar-refractivity contribution is 9.10. The Kier molecular flexibility index (Phi) is 2.27. The van der Waals surface area contributed by atoms with E-state index in [9.17, 15) is 0 Å². The van der Waals surface area contributed by atoms with Gasteiger partial charge in [-0.2, -0.15) is 0 Å². The molecule has 90 valence electrons. The van der Waals surface area contributed by atoms with Gasteiger partial charge in [0.25, 0.3) is 0 Å². The molecule has 2 aromatic rings. The van der Waals surface area contributed by atoms with E-state index in [2.05, 4.69) is 45.4 Å². The number of nitrogen functional groups attached to an aromatic ring is 1. The third-order valence-corrected chi connectivity index (χ3v) is 4.29. The Morgan fingerprint density at radius 2 is 2.12 bits per heavy atom. The number of hydrogen-bond donors (Lipinski definition) is 1. The third-order valence-electron chi connectivity index (χ3n) is 3.80. The fourth-order valence-corrected chi connectivity index (χ4v) is 3.00. The zero-order chi connectivity index (χ0) is 12.2. The molecular formula is C13H16BrN3. The van der Waals surface area contributed by atoms with Crippen LogP contribution in [0.15, 0.2) is 22.7 Å². The van der Waals surface area contributed by atoms with Gasteiger partial charge in [-0.25, -0.2) is 4.98 Å². The summed E-state index contributed by atoms with van der Waals surface area (Å²) in [6, 6.07) is 6.15. The van der Waals surface area contributed by atoms with Gasteiger partial charge in [-0.15, -0.1) is 0 Å². The molecule has 0 aliphatic heterocycles. The molecule has 0 saturated heterocycles. The lowest BCUT2D eigenvalue weighted by atomic mass is 9.98. The lowest BCUT2D eigenvalue weighted by Gasteiger charge is -2.28. The molecule has 1 heterocycles. The number of nitrogens with zero attached hydrogens (tertiary/aromatic N) is 2. The van der Waals surface area contributed by atoms with Crippen molar-refractivity contribution in [3.8, 4) is 0 Å². The molecule has 0 bridgehead atoms. The van der Waals surface area contributed by atoms with Gasteiger partial charge in [-0.3, -0.25) is 0 Å². The van der Waals surface area contributed by atoms with E-state index in [4.69, 9.17) is 5.73 Å². The van der Waals surface area contributed by atoms with Gasteiger partial charge >= 0.3 is 0 Å². The first kappa shape index (κ1) is 11.1. The van der Waals surface area contributed by atoms with E-state index in [0.29, 0.717) is 5.95 Å². The van der Waals surface area contributed by atoms with E-state index < -0.39 is 0 Å². The van der Waals surface area contributed by atoms with Crippen molar-refractivity contribution in [2.45, 2.75) is 32.2 Å². The zero-order valence-electron chi connectivity index (χ0n) is 10.1. The summed E-state index contributed by atoms with van der Waals surface area (Å²) < 4.78 is 3.23. The Morgan fingerprint density at radius 3 is 2.76 bits per heavy atom. The molecule has 2 N–H and O–H groups in total. The third kappa shape index (κ3) is 1.66. The summed E-state index contributed by atoms with van der Waals surface area (Å²) in [4.78, 5) is 4.46. The van der Waals surface area contributed by atoms with Gasteiger partial charge in [0, 0.05) is 10.0 Å². The molecule has 0 atom stereocenters. The van der Waals surface area contributed by atoms with E-state index in [-0.39, 0.29) is 5.54 Å². The Bertz CT molecular complexity index is 582. The van der Waals surface area contributed by atoms with E-state index in [1.807, 2.05) is 12.1 Å². The van der Waals surface area contributed by atoms with Crippen LogP contribution in [0.1, 0.15) is 26.7 Å². The molecule has 3 nitrogen and oxygen atoms in total. The monoisotopic (exact) mass is 293 g/mol. The maximum absolute atomic E-state index is 6.09. The van der Waals surface area contributed by atoms with Crippen molar-refractivity contribution in [3.63, 3.8) is 0 Å². The number of imidazole rings is 1. The van der Waals surface area contributed by atoms with Gasteiger partial charge in [-0.1, -0.05) is 15.9 Å². The summed E-state index contributed by atoms with van der Waals surface area (Å²) >= 11 is 3.47. The second-order valence-electron chi connectivity index (χ2n) is 5.37. The number of aromatic nitrogens is 2. The summed E-state index contributed by atoms with van der Waals surface area (Å²) in [5, 5.41) is 0. The molecule has 17 heavy (non-hydrogen) atoms. The number of halogens is 1. The van der Waals surface area contributed by atoms with Gasteiger partial charge in [-0.05, 0) is 50.8 Å². The van der Waals surface area contributed by atoms with E-state index >= 15 is 0 Å². The lowest BCUT2D eigenvalue weighted by molar-refractivity contribution is 0.318. The van der Waals surface area contributed by atoms with Crippen molar-refractivity contribution in [2.75, 3.05) is 5.73 Å². The van der Waals surface area contributed by atoms with Gasteiger partial charge < -0.3 is 10.3 Å². The SMILES string of the molecule is CC(C)(C1CC1)n1c(N)nc2cc(Br)ccc21. The van der Waals surface area contributed by atoms with Gasteiger partial charge in [0.05, 0.1) is 11.0 Å². The summed E-state index contributed by atoms with van der Waals surface area (Å²) in [5.41, 5.74) is 8.24. The van der Waals surface area contributed by atoms with Crippen LogP contribution in [0.4, 0.5) is 5.95 Å². The fourth-order valence-electron chi connectivity index (χ4n) is 2.65. The maximum atomic E-state index is 6.09. The zero-order valence-corrected chi connectivity index (χ0v) is 11.7.